The molecule has 6 heteroatoms. The van der Waals surface area contributed by atoms with Crippen molar-refractivity contribution in [3.05, 3.63) is 69.5 Å². The number of hydrogen-bond acceptors (Lipinski definition) is 3. The summed E-state index contributed by atoms with van der Waals surface area (Å²) in [4.78, 5) is 22.0. The van der Waals surface area contributed by atoms with Crippen LogP contribution in [0, 0.1) is 15.9 Å². The summed E-state index contributed by atoms with van der Waals surface area (Å²) in [6.45, 7) is 2.11. The Balaban J connectivity index is 2.09. The van der Waals surface area contributed by atoms with E-state index in [0.29, 0.717) is 5.56 Å². The maximum Gasteiger partial charge on any atom is 0.306 e. The fourth-order valence-corrected chi connectivity index (χ4v) is 2.14. The first-order valence-electron chi connectivity index (χ1n) is 7.35. The number of nitrogens with one attached hydrogen (secondary N) is 1. The van der Waals surface area contributed by atoms with Crippen LogP contribution in [0.3, 0.4) is 0 Å². The second-order valence-corrected chi connectivity index (χ2v) is 5.18. The molecule has 0 heterocycles. The molecule has 5 nitrogen and oxygen atoms in total. The van der Waals surface area contributed by atoms with E-state index in [4.69, 9.17) is 0 Å². The minimum Gasteiger partial charge on any atom is -0.322 e. The quantitative estimate of drug-likeness (QED) is 0.637. The number of aryl methyl sites for hydroxylation is 1. The van der Waals surface area contributed by atoms with Crippen LogP contribution in [0.1, 0.15) is 35.7 Å². The average molecular weight is 316 g/mol. The number of hydrogen-bond donors (Lipinski definition) is 1. The lowest BCUT2D eigenvalue weighted by Gasteiger charge is -2.06. The van der Waals surface area contributed by atoms with Gasteiger partial charge >= 0.3 is 5.69 Å². The average Bonchev–Trinajstić information content (AvgIpc) is 2.54. The van der Waals surface area contributed by atoms with E-state index in [-0.39, 0.29) is 5.69 Å². The predicted octanol–water partition coefficient (Wildman–Crippen LogP) is 4.33. The van der Waals surface area contributed by atoms with Gasteiger partial charge in [0, 0.05) is 17.3 Å². The lowest BCUT2D eigenvalue weighted by Crippen LogP contribution is -2.12. The van der Waals surface area contributed by atoms with E-state index in [1.165, 1.54) is 6.07 Å². The van der Waals surface area contributed by atoms with Crippen LogP contribution in [0.2, 0.25) is 0 Å². The van der Waals surface area contributed by atoms with Crippen molar-refractivity contribution in [2.75, 3.05) is 5.32 Å². The van der Waals surface area contributed by atoms with Crippen LogP contribution in [0.4, 0.5) is 15.8 Å². The summed E-state index contributed by atoms with van der Waals surface area (Å²) < 4.78 is 13.3. The molecule has 0 aromatic heterocycles. The molecular formula is C17H17FN2O3. The zero-order valence-electron chi connectivity index (χ0n) is 12.7. The normalized spacial score (nSPS) is 10.3. The number of rotatable bonds is 6. The third-order valence-electron chi connectivity index (χ3n) is 3.44. The number of amides is 1. The highest BCUT2D eigenvalue weighted by Crippen LogP contribution is 2.22. The largest absolute Gasteiger partial charge is 0.322 e. The van der Waals surface area contributed by atoms with Crippen molar-refractivity contribution in [2.24, 2.45) is 0 Å². The summed E-state index contributed by atoms with van der Waals surface area (Å²) in [5.74, 6) is -1.33. The first-order chi connectivity index (χ1) is 11.0. The Morgan fingerprint density at radius 3 is 2.52 bits per heavy atom. The van der Waals surface area contributed by atoms with Crippen molar-refractivity contribution in [2.45, 2.75) is 26.2 Å². The maximum atomic E-state index is 13.3. The molecule has 0 saturated heterocycles. The topological polar surface area (TPSA) is 72.2 Å². The minimum atomic E-state index is -0.937. The smallest absolute Gasteiger partial charge is 0.306 e. The molecule has 0 radical (unpaired) electrons. The zero-order valence-corrected chi connectivity index (χ0v) is 12.7. The Bertz CT molecular complexity index is 714. The lowest BCUT2D eigenvalue weighted by molar-refractivity contribution is -0.387. The van der Waals surface area contributed by atoms with Crippen molar-refractivity contribution in [1.82, 2.24) is 0 Å². The van der Waals surface area contributed by atoms with Gasteiger partial charge in [0.15, 0.2) is 0 Å². The molecule has 0 spiro atoms. The standard InChI is InChI=1S/C17H17FN2O3/c1-2-3-4-12-5-7-13(8-6-12)17(21)19-14-9-10-15(18)16(11-14)20(22)23/h5-11H,2-4H2,1H3,(H,19,21). The van der Waals surface area contributed by atoms with Gasteiger partial charge in [0.2, 0.25) is 5.82 Å². The molecule has 2 aromatic carbocycles. The van der Waals surface area contributed by atoms with Crippen molar-refractivity contribution in [3.8, 4) is 0 Å². The van der Waals surface area contributed by atoms with E-state index >= 15 is 0 Å². The minimum absolute atomic E-state index is 0.179. The third kappa shape index (κ3) is 4.35. The highest BCUT2D eigenvalue weighted by molar-refractivity contribution is 6.04. The number of nitrogens with zero attached hydrogens (tertiary/aromatic N) is 1. The number of carbonyl (C=O) groups excluding carboxylic acids is 1. The van der Waals surface area contributed by atoms with E-state index in [2.05, 4.69) is 12.2 Å². The molecule has 2 rings (SSSR count). The molecule has 1 N–H and O–H groups in total. The van der Waals surface area contributed by atoms with Crippen LogP contribution >= 0.6 is 0 Å². The SMILES string of the molecule is CCCCc1ccc(C(=O)Nc2ccc(F)c([N+](=O)[O-])c2)cc1. The van der Waals surface area contributed by atoms with Gasteiger partial charge < -0.3 is 5.32 Å². The third-order valence-corrected chi connectivity index (χ3v) is 3.44. The fraction of sp³-hybridized carbons (Fsp3) is 0.235. The van der Waals surface area contributed by atoms with E-state index < -0.39 is 22.3 Å². The molecule has 2 aromatic rings. The molecule has 120 valence electrons. The molecule has 0 saturated carbocycles. The second kappa shape index (κ2) is 7.49. The van der Waals surface area contributed by atoms with E-state index in [1.807, 2.05) is 12.1 Å². The predicted molar refractivity (Wildman–Crippen MR) is 86.1 cm³/mol. The lowest BCUT2D eigenvalue weighted by atomic mass is 10.1. The van der Waals surface area contributed by atoms with Crippen LogP contribution in [-0.4, -0.2) is 10.8 Å². The molecule has 0 unspecified atom stereocenters. The Hall–Kier alpha value is -2.76. The molecule has 0 bridgehead atoms. The summed E-state index contributed by atoms with van der Waals surface area (Å²) in [7, 11) is 0. The molecule has 0 aliphatic carbocycles. The molecule has 0 fully saturated rings. The summed E-state index contributed by atoms with van der Waals surface area (Å²) in [6.07, 6.45) is 3.15. The number of carbonyl (C=O) groups is 1. The molecule has 0 aliphatic rings. The second-order valence-electron chi connectivity index (χ2n) is 5.18. The van der Waals surface area contributed by atoms with E-state index in [1.54, 1.807) is 12.1 Å². The van der Waals surface area contributed by atoms with E-state index in [9.17, 15) is 19.3 Å². The van der Waals surface area contributed by atoms with Crippen LogP contribution in [0.5, 0.6) is 0 Å². The van der Waals surface area contributed by atoms with Gasteiger partial charge in [0.05, 0.1) is 4.92 Å². The summed E-state index contributed by atoms with van der Waals surface area (Å²) in [5.41, 5.74) is 1.11. The van der Waals surface area contributed by atoms with Gasteiger partial charge in [-0.05, 0) is 42.7 Å². The number of anilines is 1. The summed E-state index contributed by atoms with van der Waals surface area (Å²) in [5, 5.41) is 13.2. The summed E-state index contributed by atoms with van der Waals surface area (Å²) in [6, 6.07) is 10.4. The van der Waals surface area contributed by atoms with Crippen molar-refractivity contribution >= 4 is 17.3 Å². The van der Waals surface area contributed by atoms with Gasteiger partial charge in [-0.15, -0.1) is 0 Å². The van der Waals surface area contributed by atoms with Gasteiger partial charge in [0.25, 0.3) is 5.91 Å². The highest BCUT2D eigenvalue weighted by Gasteiger charge is 2.15. The number of nitro groups is 1. The fourth-order valence-electron chi connectivity index (χ4n) is 2.14. The van der Waals surface area contributed by atoms with Crippen LogP contribution in [0.15, 0.2) is 42.5 Å². The zero-order chi connectivity index (χ0) is 16.8. The Labute approximate surface area is 133 Å². The van der Waals surface area contributed by atoms with Gasteiger partial charge in [-0.1, -0.05) is 25.5 Å². The molecule has 1 amide bonds. The first-order valence-corrected chi connectivity index (χ1v) is 7.35. The van der Waals surface area contributed by atoms with Crippen molar-refractivity contribution in [3.63, 3.8) is 0 Å². The number of benzene rings is 2. The van der Waals surface area contributed by atoms with Crippen molar-refractivity contribution in [1.29, 1.82) is 0 Å². The molecular weight excluding hydrogens is 299 g/mol. The Morgan fingerprint density at radius 1 is 1.22 bits per heavy atom. The van der Waals surface area contributed by atoms with Gasteiger partial charge in [-0.2, -0.15) is 4.39 Å². The molecule has 0 aliphatic heterocycles. The maximum absolute atomic E-state index is 13.3. The van der Waals surface area contributed by atoms with Crippen LogP contribution in [-0.2, 0) is 6.42 Å². The summed E-state index contributed by atoms with van der Waals surface area (Å²) >= 11 is 0. The Morgan fingerprint density at radius 2 is 1.91 bits per heavy atom. The monoisotopic (exact) mass is 316 g/mol. The number of nitro benzene ring substituents is 1. The number of halogens is 1. The van der Waals surface area contributed by atoms with Crippen molar-refractivity contribution < 1.29 is 14.1 Å². The molecule has 0 atom stereocenters. The van der Waals surface area contributed by atoms with Crippen LogP contribution < -0.4 is 5.32 Å². The van der Waals surface area contributed by atoms with Crippen LogP contribution in [0.25, 0.3) is 0 Å². The molecule has 23 heavy (non-hydrogen) atoms. The highest BCUT2D eigenvalue weighted by atomic mass is 19.1. The van der Waals surface area contributed by atoms with Gasteiger partial charge in [-0.3, -0.25) is 14.9 Å². The van der Waals surface area contributed by atoms with E-state index in [0.717, 1.165) is 37.0 Å². The number of unbranched alkanes of at least 4 members (excludes halogenated alkanes) is 1. The Kier molecular flexibility index (Phi) is 5.41. The van der Waals surface area contributed by atoms with Gasteiger partial charge in [0.1, 0.15) is 0 Å². The van der Waals surface area contributed by atoms with Gasteiger partial charge in [-0.25, -0.2) is 0 Å². The first kappa shape index (κ1) is 16.6.